The first kappa shape index (κ1) is 15.6. The molecule has 0 atom stereocenters. The third-order valence-corrected chi connectivity index (χ3v) is 3.80. The molecular formula is C16H20ClN3O. The van der Waals surface area contributed by atoms with Crippen LogP contribution in [0.1, 0.15) is 30.0 Å². The van der Waals surface area contributed by atoms with E-state index < -0.39 is 0 Å². The van der Waals surface area contributed by atoms with Crippen LogP contribution in [-0.2, 0) is 0 Å². The number of aromatic nitrogens is 2. The van der Waals surface area contributed by atoms with Crippen LogP contribution in [0.15, 0.2) is 18.5 Å². The van der Waals surface area contributed by atoms with E-state index in [9.17, 15) is 0 Å². The van der Waals surface area contributed by atoms with E-state index in [1.54, 1.807) is 0 Å². The van der Waals surface area contributed by atoms with Gasteiger partial charge in [-0.05, 0) is 50.5 Å². The predicted octanol–water partition coefficient (Wildman–Crippen LogP) is 4.67. The molecule has 1 aromatic heterocycles. The quantitative estimate of drug-likeness (QED) is 0.872. The zero-order chi connectivity index (χ0) is 15.4. The molecule has 112 valence electrons. The lowest BCUT2D eigenvalue weighted by molar-refractivity contribution is 0.457. The third kappa shape index (κ3) is 3.64. The second kappa shape index (κ2) is 6.76. The summed E-state index contributed by atoms with van der Waals surface area (Å²) in [5.41, 5.74) is 2.88. The van der Waals surface area contributed by atoms with Crippen molar-refractivity contribution in [3.63, 3.8) is 0 Å². The first-order valence-corrected chi connectivity index (χ1v) is 7.40. The van der Waals surface area contributed by atoms with E-state index >= 15 is 0 Å². The molecule has 1 heterocycles. The summed E-state index contributed by atoms with van der Waals surface area (Å²) in [6.45, 7) is 8.85. The van der Waals surface area contributed by atoms with Crippen molar-refractivity contribution in [2.24, 2.45) is 0 Å². The van der Waals surface area contributed by atoms with Crippen LogP contribution in [0.4, 0.5) is 5.82 Å². The van der Waals surface area contributed by atoms with Gasteiger partial charge >= 0.3 is 0 Å². The predicted molar refractivity (Wildman–Crippen MR) is 86.5 cm³/mol. The molecule has 5 heteroatoms. The van der Waals surface area contributed by atoms with Crippen LogP contribution in [0.5, 0.6) is 11.6 Å². The van der Waals surface area contributed by atoms with Gasteiger partial charge in [0.05, 0.1) is 5.56 Å². The van der Waals surface area contributed by atoms with Gasteiger partial charge in [0.15, 0.2) is 0 Å². The van der Waals surface area contributed by atoms with Crippen LogP contribution in [0, 0.1) is 20.8 Å². The van der Waals surface area contributed by atoms with Crippen LogP contribution >= 0.6 is 11.6 Å². The Kier molecular flexibility index (Phi) is 5.02. The third-order valence-electron chi connectivity index (χ3n) is 3.20. The van der Waals surface area contributed by atoms with Crippen molar-refractivity contribution in [1.82, 2.24) is 9.97 Å². The van der Waals surface area contributed by atoms with Gasteiger partial charge in [0.2, 0.25) is 5.88 Å². The Labute approximate surface area is 130 Å². The fourth-order valence-corrected chi connectivity index (χ4v) is 2.14. The number of hydrogen-bond acceptors (Lipinski definition) is 4. The topological polar surface area (TPSA) is 47.0 Å². The lowest BCUT2D eigenvalue weighted by Crippen LogP contribution is -2.05. The molecule has 0 aliphatic carbocycles. The van der Waals surface area contributed by atoms with Gasteiger partial charge in [0, 0.05) is 11.6 Å². The van der Waals surface area contributed by atoms with Crippen molar-refractivity contribution < 1.29 is 4.74 Å². The van der Waals surface area contributed by atoms with Gasteiger partial charge < -0.3 is 10.1 Å². The van der Waals surface area contributed by atoms with Crippen molar-refractivity contribution >= 4 is 17.4 Å². The maximum absolute atomic E-state index is 6.18. The number of halogens is 1. The van der Waals surface area contributed by atoms with Gasteiger partial charge in [0.25, 0.3) is 0 Å². The minimum absolute atomic E-state index is 0.560. The van der Waals surface area contributed by atoms with Crippen LogP contribution in [0.2, 0.25) is 5.02 Å². The molecule has 0 aliphatic heterocycles. The molecule has 4 nitrogen and oxygen atoms in total. The fourth-order valence-electron chi connectivity index (χ4n) is 2.04. The van der Waals surface area contributed by atoms with E-state index in [2.05, 4.69) is 22.2 Å². The van der Waals surface area contributed by atoms with Crippen molar-refractivity contribution in [2.45, 2.75) is 34.1 Å². The molecular weight excluding hydrogens is 286 g/mol. The van der Waals surface area contributed by atoms with Gasteiger partial charge in [-0.15, -0.1) is 0 Å². The van der Waals surface area contributed by atoms with E-state index in [0.717, 1.165) is 46.2 Å². The van der Waals surface area contributed by atoms with Crippen LogP contribution < -0.4 is 10.1 Å². The molecule has 0 unspecified atom stereocenters. The zero-order valence-electron chi connectivity index (χ0n) is 12.8. The fraction of sp³-hybridized carbons (Fsp3) is 0.375. The molecule has 0 saturated heterocycles. The second-order valence-electron chi connectivity index (χ2n) is 5.05. The van der Waals surface area contributed by atoms with Gasteiger partial charge in [-0.2, -0.15) is 0 Å². The number of anilines is 1. The molecule has 0 bridgehead atoms. The lowest BCUT2D eigenvalue weighted by atomic mass is 10.1. The highest BCUT2D eigenvalue weighted by Gasteiger charge is 2.10. The van der Waals surface area contributed by atoms with Crippen molar-refractivity contribution in [3.8, 4) is 11.6 Å². The Morgan fingerprint density at radius 1 is 1.14 bits per heavy atom. The van der Waals surface area contributed by atoms with E-state index in [-0.39, 0.29) is 0 Å². The Morgan fingerprint density at radius 3 is 2.43 bits per heavy atom. The number of rotatable bonds is 5. The molecule has 2 aromatic rings. The molecule has 0 saturated carbocycles. The molecule has 0 fully saturated rings. The van der Waals surface area contributed by atoms with Crippen molar-refractivity contribution in [2.75, 3.05) is 11.9 Å². The Bertz CT molecular complexity index is 620. The normalized spacial score (nSPS) is 10.5. The molecule has 0 radical (unpaired) electrons. The minimum atomic E-state index is 0.560. The van der Waals surface area contributed by atoms with E-state index in [1.165, 1.54) is 6.33 Å². The zero-order valence-corrected chi connectivity index (χ0v) is 13.6. The van der Waals surface area contributed by atoms with Gasteiger partial charge in [-0.25, -0.2) is 9.97 Å². The highest BCUT2D eigenvalue weighted by molar-refractivity contribution is 6.32. The van der Waals surface area contributed by atoms with Gasteiger partial charge in [-0.1, -0.05) is 18.5 Å². The maximum atomic E-state index is 6.18. The first-order valence-electron chi connectivity index (χ1n) is 7.03. The number of benzene rings is 1. The number of aryl methyl sites for hydroxylation is 2. The molecule has 1 aromatic carbocycles. The molecule has 0 amide bonds. The number of nitrogens with one attached hydrogen (secondary N) is 1. The van der Waals surface area contributed by atoms with Crippen molar-refractivity contribution in [3.05, 3.63) is 40.2 Å². The van der Waals surface area contributed by atoms with E-state index in [0.29, 0.717) is 5.88 Å². The van der Waals surface area contributed by atoms with Crippen LogP contribution in [0.25, 0.3) is 0 Å². The van der Waals surface area contributed by atoms with Gasteiger partial charge in [0.1, 0.15) is 17.9 Å². The largest absolute Gasteiger partial charge is 0.439 e. The number of hydrogen-bond donors (Lipinski definition) is 1. The van der Waals surface area contributed by atoms with E-state index in [1.807, 2.05) is 32.9 Å². The summed E-state index contributed by atoms with van der Waals surface area (Å²) in [7, 11) is 0. The molecule has 2 rings (SSSR count). The maximum Gasteiger partial charge on any atom is 0.227 e. The summed E-state index contributed by atoms with van der Waals surface area (Å²) in [6, 6.07) is 3.83. The Morgan fingerprint density at radius 2 is 1.81 bits per heavy atom. The summed E-state index contributed by atoms with van der Waals surface area (Å²) in [6.07, 6.45) is 2.55. The summed E-state index contributed by atoms with van der Waals surface area (Å²) in [5.74, 6) is 2.10. The molecule has 0 spiro atoms. The molecule has 0 aliphatic rings. The number of ether oxygens (including phenoxy) is 1. The summed E-state index contributed by atoms with van der Waals surface area (Å²) in [5, 5.41) is 4.04. The van der Waals surface area contributed by atoms with Crippen LogP contribution in [0.3, 0.4) is 0 Å². The summed E-state index contributed by atoms with van der Waals surface area (Å²) >= 11 is 6.18. The average molecular weight is 306 g/mol. The average Bonchev–Trinajstić information content (AvgIpc) is 2.45. The first-order chi connectivity index (χ1) is 10.0. The standard InChI is InChI=1S/C16H20ClN3O/c1-5-6-18-15-12(4)16(20-9-19-15)21-13-7-10(2)14(17)11(3)8-13/h7-9H,5-6H2,1-4H3,(H,18,19,20). The van der Waals surface area contributed by atoms with E-state index in [4.69, 9.17) is 16.3 Å². The van der Waals surface area contributed by atoms with Crippen LogP contribution in [-0.4, -0.2) is 16.5 Å². The molecule has 21 heavy (non-hydrogen) atoms. The summed E-state index contributed by atoms with van der Waals surface area (Å²) < 4.78 is 5.90. The molecule has 1 N–H and O–H groups in total. The smallest absolute Gasteiger partial charge is 0.227 e. The van der Waals surface area contributed by atoms with Crippen molar-refractivity contribution in [1.29, 1.82) is 0 Å². The Balaban J connectivity index is 2.27. The highest BCUT2D eigenvalue weighted by atomic mass is 35.5. The second-order valence-corrected chi connectivity index (χ2v) is 5.43. The Hall–Kier alpha value is -1.81. The van der Waals surface area contributed by atoms with Gasteiger partial charge in [-0.3, -0.25) is 0 Å². The number of nitrogens with zero attached hydrogens (tertiary/aromatic N) is 2. The SMILES string of the molecule is CCCNc1ncnc(Oc2cc(C)c(Cl)c(C)c2)c1C. The monoisotopic (exact) mass is 305 g/mol. The highest BCUT2D eigenvalue weighted by Crippen LogP contribution is 2.30. The lowest BCUT2D eigenvalue weighted by Gasteiger charge is -2.13. The summed E-state index contributed by atoms with van der Waals surface area (Å²) in [4.78, 5) is 8.46. The minimum Gasteiger partial charge on any atom is -0.439 e.